The molecule has 0 aliphatic heterocycles. The SMILES string of the molecule is O=P(O)(O)O.OCC(O)CO.[Ca+2].[H-].[H-]. The Morgan fingerprint density at radius 2 is 1.33 bits per heavy atom. The summed E-state index contributed by atoms with van der Waals surface area (Å²) in [6, 6.07) is 0. The van der Waals surface area contributed by atoms with Crippen LogP contribution in [0.1, 0.15) is 2.85 Å². The van der Waals surface area contributed by atoms with E-state index in [0.29, 0.717) is 0 Å². The maximum absolute atomic E-state index is 8.88. The maximum atomic E-state index is 8.88. The third-order valence-corrected chi connectivity index (χ3v) is 0.421. The first kappa shape index (κ1) is 18.9. The Morgan fingerprint density at radius 1 is 1.17 bits per heavy atom. The molecule has 0 amide bonds. The first-order valence-electron chi connectivity index (χ1n) is 2.49. The zero-order valence-corrected chi connectivity index (χ0v) is 9.34. The van der Waals surface area contributed by atoms with Crippen molar-refractivity contribution in [1.82, 2.24) is 0 Å². The minimum Gasteiger partial charge on any atom is -1.00 e. The summed E-state index contributed by atoms with van der Waals surface area (Å²) in [6.07, 6.45) is -0.954. The van der Waals surface area contributed by atoms with Gasteiger partial charge < -0.3 is 32.9 Å². The van der Waals surface area contributed by atoms with Crippen LogP contribution in [0.3, 0.4) is 0 Å². The molecule has 0 heterocycles. The van der Waals surface area contributed by atoms with Gasteiger partial charge in [0, 0.05) is 0 Å². The molecule has 12 heavy (non-hydrogen) atoms. The average Bonchev–Trinajstić information content (AvgIpc) is 1.83. The third kappa shape index (κ3) is 42.9. The van der Waals surface area contributed by atoms with Gasteiger partial charge in [-0.05, 0) is 0 Å². The van der Waals surface area contributed by atoms with Gasteiger partial charge in [0.25, 0.3) is 0 Å². The van der Waals surface area contributed by atoms with Gasteiger partial charge in [-0.1, -0.05) is 0 Å². The molecule has 0 spiro atoms. The predicted molar refractivity (Wildman–Crippen MR) is 42.4 cm³/mol. The smallest absolute Gasteiger partial charge is 1.00 e. The van der Waals surface area contributed by atoms with Crippen LogP contribution in [0.15, 0.2) is 0 Å². The normalized spacial score (nSPS) is 9.92. The Morgan fingerprint density at radius 3 is 1.33 bits per heavy atom. The van der Waals surface area contributed by atoms with E-state index in [4.69, 9.17) is 34.6 Å². The molecule has 0 radical (unpaired) electrons. The molecule has 9 heteroatoms. The standard InChI is InChI=1S/C3H8O3.Ca.H3O4P.2H/c4-1-3(6)2-5;;1-5(2,3)4;;/h3-6H,1-2H2;;(H3,1,2,3,4);;/q;+2;;2*-1. The molecule has 0 saturated carbocycles. The first-order chi connectivity index (χ1) is 4.81. The number of hydrogen-bond acceptors (Lipinski definition) is 4. The van der Waals surface area contributed by atoms with Crippen molar-refractivity contribution in [2.45, 2.75) is 6.10 Å². The predicted octanol–water partition coefficient (Wildman–Crippen LogP) is -2.75. The minimum absolute atomic E-state index is 0. The molecule has 0 rings (SSSR count). The van der Waals surface area contributed by atoms with Gasteiger partial charge >= 0.3 is 45.6 Å². The molecule has 7 nitrogen and oxygen atoms in total. The number of aliphatic hydroxyl groups is 3. The van der Waals surface area contributed by atoms with E-state index in [0.717, 1.165) is 0 Å². The van der Waals surface area contributed by atoms with E-state index in [1.807, 2.05) is 0 Å². The van der Waals surface area contributed by atoms with Crippen LogP contribution in [0.5, 0.6) is 0 Å². The molecule has 0 aromatic heterocycles. The second kappa shape index (κ2) is 10.3. The number of aliphatic hydroxyl groups excluding tert-OH is 3. The Labute approximate surface area is 102 Å². The summed E-state index contributed by atoms with van der Waals surface area (Å²) in [6.45, 7) is -0.729. The van der Waals surface area contributed by atoms with Crippen molar-refractivity contribution >= 4 is 45.6 Å². The summed E-state index contributed by atoms with van der Waals surface area (Å²) in [5, 5.41) is 24.0. The van der Waals surface area contributed by atoms with Crippen molar-refractivity contribution in [2.75, 3.05) is 13.2 Å². The van der Waals surface area contributed by atoms with Crippen LogP contribution in [0.25, 0.3) is 0 Å². The fourth-order valence-corrected chi connectivity index (χ4v) is 0.0577. The van der Waals surface area contributed by atoms with Crippen molar-refractivity contribution in [2.24, 2.45) is 0 Å². The number of phosphoric acid groups is 1. The van der Waals surface area contributed by atoms with Gasteiger partial charge in [0.2, 0.25) is 0 Å². The zero-order valence-electron chi connectivity index (χ0n) is 8.24. The summed E-state index contributed by atoms with van der Waals surface area (Å²) in [4.78, 5) is 21.6. The van der Waals surface area contributed by atoms with E-state index < -0.39 is 13.9 Å². The van der Waals surface area contributed by atoms with Crippen LogP contribution >= 0.6 is 7.82 Å². The Hall–Kier alpha value is 1.25. The number of hydrogen-bond donors (Lipinski definition) is 6. The van der Waals surface area contributed by atoms with Crippen LogP contribution in [0.4, 0.5) is 0 Å². The Kier molecular flexibility index (Phi) is 16.3. The molecule has 0 unspecified atom stereocenters. The summed E-state index contributed by atoms with van der Waals surface area (Å²) in [5.41, 5.74) is 0. The molecule has 0 saturated heterocycles. The van der Waals surface area contributed by atoms with Gasteiger partial charge in [-0.2, -0.15) is 0 Å². The van der Waals surface area contributed by atoms with Gasteiger partial charge in [-0.3, -0.25) is 0 Å². The molecular weight excluding hydrogens is 219 g/mol. The molecule has 74 valence electrons. The molecule has 0 bridgehead atoms. The zero-order chi connectivity index (χ0) is 9.49. The topological polar surface area (TPSA) is 138 Å². The average molecular weight is 232 g/mol. The van der Waals surface area contributed by atoms with E-state index >= 15 is 0 Å². The van der Waals surface area contributed by atoms with E-state index in [1.54, 1.807) is 0 Å². The van der Waals surface area contributed by atoms with Crippen LogP contribution in [0, 0.1) is 0 Å². The Balaban J connectivity index is -0.0000000321. The fraction of sp³-hybridized carbons (Fsp3) is 1.00. The van der Waals surface area contributed by atoms with Crippen molar-refractivity contribution in [3.8, 4) is 0 Å². The molecule has 0 aromatic rings. The second-order valence-electron chi connectivity index (χ2n) is 1.53. The monoisotopic (exact) mass is 232 g/mol. The van der Waals surface area contributed by atoms with Crippen molar-refractivity contribution in [3.05, 3.63) is 0 Å². The largest absolute Gasteiger partial charge is 2.00 e. The molecule has 0 aliphatic rings. The van der Waals surface area contributed by atoms with Gasteiger partial charge in [-0.15, -0.1) is 0 Å². The van der Waals surface area contributed by atoms with Gasteiger partial charge in [-0.25, -0.2) is 4.57 Å². The summed E-state index contributed by atoms with van der Waals surface area (Å²) in [7, 11) is -4.64. The van der Waals surface area contributed by atoms with Gasteiger partial charge in [0.05, 0.1) is 13.2 Å². The van der Waals surface area contributed by atoms with Crippen LogP contribution in [0.2, 0.25) is 0 Å². The van der Waals surface area contributed by atoms with Gasteiger partial charge in [0.15, 0.2) is 0 Å². The third-order valence-electron chi connectivity index (χ3n) is 0.421. The summed E-state index contributed by atoms with van der Waals surface area (Å²) < 4.78 is 8.88. The van der Waals surface area contributed by atoms with Crippen LogP contribution < -0.4 is 0 Å². The van der Waals surface area contributed by atoms with Crippen LogP contribution in [-0.4, -0.2) is 87.1 Å². The fourth-order valence-electron chi connectivity index (χ4n) is 0.0577. The quantitative estimate of drug-likeness (QED) is 0.224. The molecular formula is C3H13CaO7P. The second-order valence-corrected chi connectivity index (χ2v) is 2.56. The summed E-state index contributed by atoms with van der Waals surface area (Å²) in [5.74, 6) is 0. The van der Waals surface area contributed by atoms with Gasteiger partial charge in [0.1, 0.15) is 6.10 Å². The number of rotatable bonds is 2. The maximum Gasteiger partial charge on any atom is 2.00 e. The van der Waals surface area contributed by atoms with Crippen molar-refractivity contribution in [3.63, 3.8) is 0 Å². The molecule has 0 aliphatic carbocycles. The first-order valence-corrected chi connectivity index (χ1v) is 4.05. The molecule has 0 fully saturated rings. The van der Waals surface area contributed by atoms with Crippen molar-refractivity contribution < 1.29 is 37.4 Å². The van der Waals surface area contributed by atoms with Crippen LogP contribution in [-0.2, 0) is 4.57 Å². The minimum atomic E-state index is -4.64. The van der Waals surface area contributed by atoms with Crippen molar-refractivity contribution in [1.29, 1.82) is 0 Å². The van der Waals surface area contributed by atoms with E-state index in [2.05, 4.69) is 0 Å². The Bertz CT molecular complexity index is 120. The van der Waals surface area contributed by atoms with E-state index in [1.165, 1.54) is 0 Å². The molecule has 0 aromatic carbocycles. The molecule has 0 atom stereocenters. The van der Waals surface area contributed by atoms with E-state index in [9.17, 15) is 0 Å². The molecule has 6 N–H and O–H groups in total. The van der Waals surface area contributed by atoms with E-state index in [-0.39, 0.29) is 53.8 Å². The summed E-state index contributed by atoms with van der Waals surface area (Å²) >= 11 is 0.